The average Bonchev–Trinajstić information content (AvgIpc) is 2.36. The van der Waals surface area contributed by atoms with Crippen LogP contribution in [0, 0.1) is 0 Å². The topological polar surface area (TPSA) is 66.4 Å². The van der Waals surface area contributed by atoms with Crippen LogP contribution >= 0.6 is 11.8 Å². The minimum Gasteiger partial charge on any atom is -0.480 e. The van der Waals surface area contributed by atoms with E-state index in [1.165, 1.54) is 19.1 Å². The van der Waals surface area contributed by atoms with Gasteiger partial charge in [-0.25, -0.2) is 4.79 Å². The molecule has 0 fully saturated rings. The Balaban J connectivity index is 2.59. The largest absolute Gasteiger partial charge is 0.480 e. The molecular weight excluding hydrogens is 307 g/mol. The van der Waals surface area contributed by atoms with Crippen molar-refractivity contribution in [3.63, 3.8) is 0 Å². The van der Waals surface area contributed by atoms with Gasteiger partial charge in [-0.05, 0) is 11.6 Å². The highest BCUT2D eigenvalue weighted by molar-refractivity contribution is 7.98. The van der Waals surface area contributed by atoms with E-state index in [0.29, 0.717) is 5.56 Å². The fourth-order valence-electron chi connectivity index (χ4n) is 1.55. The van der Waals surface area contributed by atoms with Crippen molar-refractivity contribution in [2.24, 2.45) is 0 Å². The summed E-state index contributed by atoms with van der Waals surface area (Å²) >= 11 is 1.14. The number of nitrogens with one attached hydrogen (secondary N) is 1. The van der Waals surface area contributed by atoms with Crippen LogP contribution in [0.3, 0.4) is 0 Å². The number of carboxylic acid groups (broad SMARTS) is 1. The van der Waals surface area contributed by atoms with Gasteiger partial charge in [0.15, 0.2) is 0 Å². The Bertz CT molecular complexity index is 520. The number of benzene rings is 1. The molecule has 0 aliphatic heterocycles. The molecule has 0 spiro atoms. The van der Waals surface area contributed by atoms with Gasteiger partial charge >= 0.3 is 12.1 Å². The predicted octanol–water partition coefficient (Wildman–Crippen LogP) is 2.53. The molecule has 1 atom stereocenters. The number of hydrogen-bond donors (Lipinski definition) is 2. The van der Waals surface area contributed by atoms with Gasteiger partial charge in [0.2, 0.25) is 5.91 Å². The van der Waals surface area contributed by atoms with Gasteiger partial charge in [-0.15, -0.1) is 0 Å². The average molecular weight is 321 g/mol. The molecule has 0 saturated carbocycles. The normalized spacial score (nSPS) is 12.8. The van der Waals surface area contributed by atoms with E-state index in [1.807, 2.05) is 0 Å². The Labute approximate surface area is 123 Å². The van der Waals surface area contributed by atoms with Gasteiger partial charge in [0.1, 0.15) is 6.04 Å². The summed E-state index contributed by atoms with van der Waals surface area (Å²) in [5.41, 5.74) is -0.293. The zero-order valence-electron chi connectivity index (χ0n) is 11.1. The zero-order chi connectivity index (χ0) is 16.0. The van der Waals surface area contributed by atoms with E-state index < -0.39 is 29.7 Å². The number of carbonyl (C=O) groups is 2. The van der Waals surface area contributed by atoms with E-state index in [0.717, 1.165) is 23.9 Å². The second-order valence-corrected chi connectivity index (χ2v) is 5.33. The lowest BCUT2D eigenvalue weighted by molar-refractivity contribution is -0.140. The molecule has 1 aromatic carbocycles. The lowest BCUT2D eigenvalue weighted by atomic mass is 10.1. The van der Waals surface area contributed by atoms with Crippen molar-refractivity contribution in [2.75, 3.05) is 5.75 Å². The van der Waals surface area contributed by atoms with E-state index in [-0.39, 0.29) is 11.5 Å². The van der Waals surface area contributed by atoms with Crippen molar-refractivity contribution in [1.29, 1.82) is 0 Å². The standard InChI is InChI=1S/C13H14F3NO3S/c1-8(18)17-11(12(19)20)7-21-6-9-3-2-4-10(5-9)13(14,15)16/h2-5,11H,6-7H2,1H3,(H,17,18)(H,19,20)/t11-/m0/s1. The molecule has 0 radical (unpaired) electrons. The molecule has 0 saturated heterocycles. The maximum absolute atomic E-state index is 12.5. The van der Waals surface area contributed by atoms with Gasteiger partial charge in [-0.2, -0.15) is 24.9 Å². The smallest absolute Gasteiger partial charge is 0.416 e. The van der Waals surface area contributed by atoms with E-state index in [1.54, 1.807) is 0 Å². The first-order chi connectivity index (χ1) is 9.70. The van der Waals surface area contributed by atoms with Crippen LogP contribution in [0.15, 0.2) is 24.3 Å². The van der Waals surface area contributed by atoms with Gasteiger partial charge in [0.05, 0.1) is 5.56 Å². The first-order valence-electron chi connectivity index (χ1n) is 5.94. The molecule has 2 N–H and O–H groups in total. The predicted molar refractivity (Wildman–Crippen MR) is 72.8 cm³/mol. The zero-order valence-corrected chi connectivity index (χ0v) is 11.9. The number of carbonyl (C=O) groups excluding carboxylic acids is 1. The second kappa shape index (κ2) is 7.35. The molecule has 1 rings (SSSR count). The summed E-state index contributed by atoms with van der Waals surface area (Å²) in [4.78, 5) is 21.7. The van der Waals surface area contributed by atoms with Gasteiger partial charge < -0.3 is 10.4 Å². The van der Waals surface area contributed by atoms with Crippen molar-refractivity contribution in [2.45, 2.75) is 24.9 Å². The van der Waals surface area contributed by atoms with Crippen molar-refractivity contribution in [1.82, 2.24) is 5.32 Å². The minimum atomic E-state index is -4.40. The molecule has 0 heterocycles. The lowest BCUT2D eigenvalue weighted by Gasteiger charge is -2.13. The molecule has 1 aromatic rings. The number of amides is 1. The van der Waals surface area contributed by atoms with Crippen LogP contribution in [0.25, 0.3) is 0 Å². The van der Waals surface area contributed by atoms with Crippen LogP contribution in [-0.2, 0) is 21.5 Å². The third-order valence-electron chi connectivity index (χ3n) is 2.48. The number of hydrogen-bond acceptors (Lipinski definition) is 3. The fourth-order valence-corrected chi connectivity index (χ4v) is 2.55. The van der Waals surface area contributed by atoms with Gasteiger partial charge in [0.25, 0.3) is 0 Å². The van der Waals surface area contributed by atoms with Crippen LogP contribution in [0.1, 0.15) is 18.1 Å². The second-order valence-electron chi connectivity index (χ2n) is 4.30. The Hall–Kier alpha value is -1.70. The first-order valence-corrected chi connectivity index (χ1v) is 7.09. The summed E-state index contributed by atoms with van der Waals surface area (Å²) in [5, 5.41) is 11.2. The van der Waals surface area contributed by atoms with Crippen molar-refractivity contribution in [3.8, 4) is 0 Å². The Morgan fingerprint density at radius 1 is 1.38 bits per heavy atom. The molecule has 1 amide bonds. The molecule has 0 bridgehead atoms. The molecule has 0 aliphatic rings. The molecule has 0 unspecified atom stereocenters. The highest BCUT2D eigenvalue weighted by atomic mass is 32.2. The number of aliphatic carboxylic acids is 1. The molecule has 4 nitrogen and oxygen atoms in total. The van der Waals surface area contributed by atoms with Crippen molar-refractivity contribution >= 4 is 23.6 Å². The molecule has 21 heavy (non-hydrogen) atoms. The summed E-state index contributed by atoms with van der Waals surface area (Å²) in [6.45, 7) is 1.20. The number of halogens is 3. The van der Waals surface area contributed by atoms with Crippen LogP contribution in [-0.4, -0.2) is 28.8 Å². The van der Waals surface area contributed by atoms with Crippen LogP contribution in [0.4, 0.5) is 13.2 Å². The Kier molecular flexibility index (Phi) is 6.07. The van der Waals surface area contributed by atoms with E-state index in [4.69, 9.17) is 5.11 Å². The molecule has 116 valence electrons. The Morgan fingerprint density at radius 2 is 2.05 bits per heavy atom. The van der Waals surface area contributed by atoms with Crippen molar-refractivity contribution in [3.05, 3.63) is 35.4 Å². The van der Waals surface area contributed by atoms with Gasteiger partial charge in [-0.3, -0.25) is 4.79 Å². The third-order valence-corrected chi connectivity index (χ3v) is 3.59. The summed E-state index contributed by atoms with van der Waals surface area (Å²) in [6, 6.07) is 3.79. The summed E-state index contributed by atoms with van der Waals surface area (Å²) in [6.07, 6.45) is -4.40. The lowest BCUT2D eigenvalue weighted by Crippen LogP contribution is -2.41. The fraction of sp³-hybridized carbons (Fsp3) is 0.385. The number of thioether (sulfide) groups is 1. The maximum Gasteiger partial charge on any atom is 0.416 e. The monoisotopic (exact) mass is 321 g/mol. The Morgan fingerprint density at radius 3 is 2.57 bits per heavy atom. The van der Waals surface area contributed by atoms with Crippen LogP contribution in [0.5, 0.6) is 0 Å². The van der Waals surface area contributed by atoms with Crippen molar-refractivity contribution < 1.29 is 27.9 Å². The third kappa shape index (κ3) is 6.07. The SMILES string of the molecule is CC(=O)N[C@@H](CSCc1cccc(C(F)(F)F)c1)C(=O)O. The molecule has 8 heteroatoms. The molecular formula is C13H14F3NO3S. The van der Waals surface area contributed by atoms with Gasteiger partial charge in [-0.1, -0.05) is 18.2 Å². The number of rotatable bonds is 6. The minimum absolute atomic E-state index is 0.0746. The summed E-state index contributed by atoms with van der Waals surface area (Å²) in [7, 11) is 0. The number of carboxylic acids is 1. The van der Waals surface area contributed by atoms with Gasteiger partial charge in [0, 0.05) is 18.4 Å². The molecule has 0 aliphatic carbocycles. The summed E-state index contributed by atoms with van der Waals surface area (Å²) in [5.74, 6) is -1.35. The molecule has 0 aromatic heterocycles. The van der Waals surface area contributed by atoms with E-state index in [9.17, 15) is 22.8 Å². The summed E-state index contributed by atoms with van der Waals surface area (Å²) < 4.78 is 37.6. The van der Waals surface area contributed by atoms with Crippen LogP contribution in [0.2, 0.25) is 0 Å². The maximum atomic E-state index is 12.5. The highest BCUT2D eigenvalue weighted by Crippen LogP contribution is 2.30. The van der Waals surface area contributed by atoms with Crippen LogP contribution < -0.4 is 5.32 Å². The van der Waals surface area contributed by atoms with E-state index >= 15 is 0 Å². The quantitative estimate of drug-likeness (QED) is 0.845. The highest BCUT2D eigenvalue weighted by Gasteiger charge is 2.30. The first kappa shape index (κ1) is 17.4. The van der Waals surface area contributed by atoms with E-state index in [2.05, 4.69) is 5.32 Å². The number of alkyl halides is 3.